The molecular formula is C12H9AsClN3O3S. The Hall–Kier alpha value is -1.37. The summed E-state index contributed by atoms with van der Waals surface area (Å²) in [5.74, 6) is 0.556. The third-order valence-electron chi connectivity index (χ3n) is 2.76. The summed E-state index contributed by atoms with van der Waals surface area (Å²) in [7, 11) is 0. The van der Waals surface area contributed by atoms with E-state index in [4.69, 9.17) is 19.8 Å². The zero-order valence-corrected chi connectivity index (χ0v) is 13.8. The standard InChI is InChI=1S/C12H9AsClN3O3S/c14-12-16-10(9-5-6-21-11(9)17-12)15-8-3-1-7(2-4-8)13(18,19)20/h1-6H,(H,15,16,17)(H2,18,19,20). The van der Waals surface area contributed by atoms with Crippen LogP contribution in [-0.2, 0) is 3.74 Å². The molecule has 9 heteroatoms. The topological polar surface area (TPSA) is 95.3 Å². The fourth-order valence-electron chi connectivity index (χ4n) is 1.80. The van der Waals surface area contributed by atoms with Gasteiger partial charge < -0.3 is 0 Å². The fraction of sp³-hybridized carbons (Fsp3) is 0. The van der Waals surface area contributed by atoms with Crippen molar-refractivity contribution in [3.05, 3.63) is 41.0 Å². The minimum atomic E-state index is -4.85. The zero-order chi connectivity index (χ0) is 15.0. The van der Waals surface area contributed by atoms with Gasteiger partial charge in [0.2, 0.25) is 0 Å². The molecule has 0 unspecified atom stereocenters. The van der Waals surface area contributed by atoms with Gasteiger partial charge in [-0.2, -0.15) is 0 Å². The van der Waals surface area contributed by atoms with Crippen LogP contribution in [-0.4, -0.2) is 32.3 Å². The first-order valence-corrected chi connectivity index (χ1v) is 10.4. The van der Waals surface area contributed by atoms with E-state index in [1.165, 1.54) is 23.5 Å². The van der Waals surface area contributed by atoms with Crippen LogP contribution < -0.4 is 9.67 Å². The Balaban J connectivity index is 1.95. The molecule has 3 rings (SSSR count). The van der Waals surface area contributed by atoms with Gasteiger partial charge in [0.25, 0.3) is 0 Å². The van der Waals surface area contributed by atoms with Crippen molar-refractivity contribution in [3.8, 4) is 0 Å². The second-order valence-corrected chi connectivity index (χ2v) is 8.80. The fourth-order valence-corrected chi connectivity index (χ4v) is 3.91. The molecule has 0 aliphatic heterocycles. The van der Waals surface area contributed by atoms with Crippen molar-refractivity contribution in [3.63, 3.8) is 0 Å². The molecule has 0 bridgehead atoms. The Morgan fingerprint density at radius 2 is 1.86 bits per heavy atom. The molecule has 3 N–H and O–H groups in total. The van der Waals surface area contributed by atoms with E-state index < -0.39 is 14.2 Å². The maximum absolute atomic E-state index is 11.2. The van der Waals surface area contributed by atoms with Crippen LogP contribution in [0.4, 0.5) is 11.5 Å². The first-order valence-electron chi connectivity index (χ1n) is 5.77. The number of aromatic nitrogens is 2. The van der Waals surface area contributed by atoms with Crippen LogP contribution >= 0.6 is 22.9 Å². The summed E-state index contributed by atoms with van der Waals surface area (Å²) >= 11 is 2.48. The average molecular weight is 386 g/mol. The molecule has 3 aromatic rings. The van der Waals surface area contributed by atoms with Crippen LogP contribution in [0.5, 0.6) is 0 Å². The van der Waals surface area contributed by atoms with Crippen LogP contribution in [0.25, 0.3) is 10.2 Å². The van der Waals surface area contributed by atoms with E-state index in [1.807, 2.05) is 11.4 Å². The Bertz CT molecular complexity index is 847. The molecule has 1 aromatic carbocycles. The van der Waals surface area contributed by atoms with Gasteiger partial charge in [-0.3, -0.25) is 0 Å². The Morgan fingerprint density at radius 3 is 2.52 bits per heavy atom. The van der Waals surface area contributed by atoms with Gasteiger partial charge in [-0.05, 0) is 0 Å². The van der Waals surface area contributed by atoms with E-state index in [2.05, 4.69) is 15.3 Å². The summed E-state index contributed by atoms with van der Waals surface area (Å²) in [6, 6.07) is 7.85. The van der Waals surface area contributed by atoms with Gasteiger partial charge in [0.05, 0.1) is 0 Å². The molecule has 21 heavy (non-hydrogen) atoms. The van der Waals surface area contributed by atoms with Gasteiger partial charge in [-0.15, -0.1) is 0 Å². The predicted molar refractivity (Wildman–Crippen MR) is 82.7 cm³/mol. The van der Waals surface area contributed by atoms with Gasteiger partial charge in [-0.1, -0.05) is 0 Å². The van der Waals surface area contributed by atoms with E-state index in [1.54, 1.807) is 12.1 Å². The molecule has 0 spiro atoms. The number of thiophene rings is 1. The van der Waals surface area contributed by atoms with E-state index in [9.17, 15) is 3.74 Å². The normalized spacial score (nSPS) is 11.8. The number of nitrogens with one attached hydrogen (secondary N) is 1. The molecule has 0 fully saturated rings. The summed E-state index contributed by atoms with van der Waals surface area (Å²) in [6.07, 6.45) is 0. The third kappa shape index (κ3) is 3.12. The van der Waals surface area contributed by atoms with Gasteiger partial charge in [0.15, 0.2) is 0 Å². The number of anilines is 2. The molecule has 0 radical (unpaired) electrons. The van der Waals surface area contributed by atoms with E-state index in [0.29, 0.717) is 11.5 Å². The third-order valence-corrected chi connectivity index (χ3v) is 5.78. The minimum absolute atomic E-state index is 0.0278. The SMILES string of the molecule is O=[As](O)(O)c1ccc(Nc2nc(Cl)nc3sccc23)cc1. The van der Waals surface area contributed by atoms with Crippen molar-refractivity contribution in [1.82, 2.24) is 9.97 Å². The molecule has 0 aliphatic rings. The summed E-state index contributed by atoms with van der Waals surface area (Å²) in [5, 5.41) is 5.95. The molecule has 6 nitrogen and oxygen atoms in total. The number of benzene rings is 1. The number of hydrogen-bond acceptors (Lipinski definition) is 5. The molecule has 0 amide bonds. The summed E-state index contributed by atoms with van der Waals surface area (Å²) in [4.78, 5) is 9.03. The van der Waals surface area contributed by atoms with Crippen molar-refractivity contribution >= 4 is 63.2 Å². The van der Waals surface area contributed by atoms with Crippen LogP contribution in [0, 0.1) is 0 Å². The molecule has 0 saturated carbocycles. The summed E-state index contributed by atoms with van der Waals surface area (Å²) in [6.45, 7) is 0. The maximum atomic E-state index is 11.2. The number of rotatable bonds is 3. The number of nitrogens with zero attached hydrogens (tertiary/aromatic N) is 2. The molecule has 2 aromatic heterocycles. The summed E-state index contributed by atoms with van der Waals surface area (Å²) < 4.78 is 29.5. The first-order chi connectivity index (χ1) is 9.93. The average Bonchev–Trinajstić information content (AvgIpc) is 2.86. The summed E-state index contributed by atoms with van der Waals surface area (Å²) in [5.41, 5.74) is 0.657. The molecule has 0 atom stereocenters. The zero-order valence-electron chi connectivity index (χ0n) is 10.4. The van der Waals surface area contributed by atoms with Crippen molar-refractivity contribution in [1.29, 1.82) is 0 Å². The number of hydrogen-bond donors (Lipinski definition) is 3. The van der Waals surface area contributed by atoms with E-state index in [0.717, 1.165) is 10.2 Å². The molecule has 108 valence electrons. The van der Waals surface area contributed by atoms with Gasteiger partial charge in [-0.25, -0.2) is 0 Å². The van der Waals surface area contributed by atoms with Crippen molar-refractivity contribution in [2.45, 2.75) is 0 Å². The van der Waals surface area contributed by atoms with Crippen molar-refractivity contribution in [2.24, 2.45) is 0 Å². The van der Waals surface area contributed by atoms with Gasteiger partial charge >= 0.3 is 131 Å². The molecular weight excluding hydrogens is 377 g/mol. The number of halogens is 1. The molecule has 0 saturated heterocycles. The quantitative estimate of drug-likeness (QED) is 0.469. The Morgan fingerprint density at radius 1 is 1.14 bits per heavy atom. The van der Waals surface area contributed by atoms with Crippen LogP contribution in [0.1, 0.15) is 0 Å². The van der Waals surface area contributed by atoms with Crippen LogP contribution in [0.3, 0.4) is 0 Å². The Labute approximate surface area is 131 Å². The van der Waals surface area contributed by atoms with Crippen molar-refractivity contribution < 1.29 is 11.9 Å². The van der Waals surface area contributed by atoms with Gasteiger partial charge in [0.1, 0.15) is 0 Å². The first kappa shape index (κ1) is 14.6. The monoisotopic (exact) mass is 385 g/mol. The van der Waals surface area contributed by atoms with Crippen LogP contribution in [0.2, 0.25) is 5.28 Å². The van der Waals surface area contributed by atoms with E-state index >= 15 is 0 Å². The number of fused-ring (bicyclic) bond motifs is 1. The Kier molecular flexibility index (Phi) is 3.77. The second kappa shape index (κ2) is 5.44. The van der Waals surface area contributed by atoms with Gasteiger partial charge in [0, 0.05) is 0 Å². The van der Waals surface area contributed by atoms with E-state index in [-0.39, 0.29) is 9.63 Å². The molecule has 0 aliphatic carbocycles. The van der Waals surface area contributed by atoms with Crippen LogP contribution in [0.15, 0.2) is 35.7 Å². The predicted octanol–water partition coefficient (Wildman–Crippen LogP) is 1.65. The second-order valence-electron chi connectivity index (χ2n) is 4.20. The molecule has 2 heterocycles. The van der Waals surface area contributed by atoms with Crippen molar-refractivity contribution in [2.75, 3.05) is 5.32 Å².